The van der Waals surface area contributed by atoms with Crippen molar-refractivity contribution in [1.82, 2.24) is 16.0 Å². The summed E-state index contributed by atoms with van der Waals surface area (Å²) in [5.74, 6) is -1.72. The first-order chi connectivity index (χ1) is 9.06. The van der Waals surface area contributed by atoms with Crippen LogP contribution in [0.5, 0.6) is 0 Å². The van der Waals surface area contributed by atoms with Gasteiger partial charge < -0.3 is 30.5 Å². The molecule has 9 heteroatoms. The Kier molecular flexibility index (Phi) is 10.1. The number of ether oxygens (including phenoxy) is 2. The van der Waals surface area contributed by atoms with E-state index in [0.29, 0.717) is 26.4 Å². The van der Waals surface area contributed by atoms with Crippen molar-refractivity contribution in [2.45, 2.75) is 0 Å². The number of hydrogen-bond donors (Lipinski definition) is 4. The molecule has 0 saturated carbocycles. The molecule has 0 unspecified atom stereocenters. The average Bonchev–Trinajstić information content (AvgIpc) is 2.38. The zero-order chi connectivity index (χ0) is 14.5. The molecule has 9 nitrogen and oxygen atoms in total. The van der Waals surface area contributed by atoms with E-state index in [2.05, 4.69) is 16.0 Å². The van der Waals surface area contributed by atoms with Crippen molar-refractivity contribution in [3.05, 3.63) is 0 Å². The van der Waals surface area contributed by atoms with Crippen molar-refractivity contribution in [2.24, 2.45) is 0 Å². The normalized spacial score (nSPS) is 9.74. The molecule has 19 heavy (non-hydrogen) atoms. The fourth-order valence-corrected chi connectivity index (χ4v) is 0.941. The fraction of sp³-hybridized carbons (Fsp3) is 0.700. The Hall–Kier alpha value is -1.87. The Morgan fingerprint density at radius 1 is 1.00 bits per heavy atom. The summed E-state index contributed by atoms with van der Waals surface area (Å²) in [6.45, 7) is 0.792. The number of carbonyl (C=O) groups is 3. The summed E-state index contributed by atoms with van der Waals surface area (Å²) in [6, 6.07) is -0.527. The Labute approximate surface area is 110 Å². The number of nitrogens with one attached hydrogen (secondary N) is 3. The lowest BCUT2D eigenvalue weighted by molar-refractivity contribution is -0.137. The number of carboxylic acids is 1. The third kappa shape index (κ3) is 12.4. The molecular formula is C10H19N3O6. The van der Waals surface area contributed by atoms with Gasteiger partial charge in [0.05, 0.1) is 26.4 Å². The predicted molar refractivity (Wildman–Crippen MR) is 64.7 cm³/mol. The van der Waals surface area contributed by atoms with Crippen LogP contribution in [-0.2, 0) is 19.1 Å². The smallest absolute Gasteiger partial charge is 0.322 e. The number of methoxy groups -OCH3 is 1. The van der Waals surface area contributed by atoms with Gasteiger partial charge in [0.1, 0.15) is 6.54 Å². The Morgan fingerprint density at radius 2 is 1.74 bits per heavy atom. The third-order valence-corrected chi connectivity index (χ3v) is 1.81. The van der Waals surface area contributed by atoms with Crippen molar-refractivity contribution in [2.75, 3.05) is 46.6 Å². The van der Waals surface area contributed by atoms with Crippen molar-refractivity contribution in [3.63, 3.8) is 0 Å². The molecule has 0 heterocycles. The summed E-state index contributed by atoms with van der Waals surface area (Å²) in [5.41, 5.74) is 0. The van der Waals surface area contributed by atoms with Gasteiger partial charge in [0.2, 0.25) is 5.91 Å². The molecular weight excluding hydrogens is 258 g/mol. The topological polar surface area (TPSA) is 126 Å². The number of rotatable bonds is 10. The highest BCUT2D eigenvalue weighted by Crippen LogP contribution is 1.75. The number of urea groups is 1. The van der Waals surface area contributed by atoms with Crippen molar-refractivity contribution in [3.8, 4) is 0 Å². The summed E-state index contributed by atoms with van der Waals surface area (Å²) in [7, 11) is 1.56. The maximum Gasteiger partial charge on any atom is 0.322 e. The summed E-state index contributed by atoms with van der Waals surface area (Å²) in [5, 5.41) is 15.2. The van der Waals surface area contributed by atoms with Gasteiger partial charge in [0.15, 0.2) is 0 Å². The van der Waals surface area contributed by atoms with E-state index in [1.165, 1.54) is 0 Å². The lowest BCUT2D eigenvalue weighted by atomic mass is 10.5. The Balaban J connectivity index is 3.43. The van der Waals surface area contributed by atoms with Crippen LogP contribution in [0.15, 0.2) is 0 Å². The molecule has 0 aromatic heterocycles. The molecule has 0 atom stereocenters. The second-order valence-electron chi connectivity index (χ2n) is 3.39. The van der Waals surface area contributed by atoms with E-state index in [0.717, 1.165) is 0 Å². The predicted octanol–water partition coefficient (Wildman–Crippen LogP) is -1.85. The minimum atomic E-state index is -1.15. The largest absolute Gasteiger partial charge is 0.480 e. The minimum Gasteiger partial charge on any atom is -0.480 e. The van der Waals surface area contributed by atoms with E-state index in [1.54, 1.807) is 7.11 Å². The molecule has 0 radical (unpaired) electrons. The first-order valence-electron chi connectivity index (χ1n) is 5.63. The maximum atomic E-state index is 11.2. The quantitative estimate of drug-likeness (QED) is 0.347. The van der Waals surface area contributed by atoms with E-state index in [-0.39, 0.29) is 6.54 Å². The first-order valence-corrected chi connectivity index (χ1v) is 5.63. The van der Waals surface area contributed by atoms with E-state index in [1.807, 2.05) is 0 Å². The molecule has 0 spiro atoms. The van der Waals surface area contributed by atoms with Gasteiger partial charge in [0, 0.05) is 13.7 Å². The van der Waals surface area contributed by atoms with Gasteiger partial charge in [-0.15, -0.1) is 0 Å². The minimum absolute atomic E-state index is 0.288. The monoisotopic (exact) mass is 277 g/mol. The Bertz CT molecular complexity index is 297. The first kappa shape index (κ1) is 17.1. The molecule has 3 amide bonds. The van der Waals surface area contributed by atoms with Gasteiger partial charge in [-0.1, -0.05) is 0 Å². The van der Waals surface area contributed by atoms with E-state index in [9.17, 15) is 14.4 Å². The molecule has 0 aliphatic rings. The van der Waals surface area contributed by atoms with Crippen molar-refractivity contribution >= 4 is 17.9 Å². The zero-order valence-corrected chi connectivity index (χ0v) is 10.7. The number of amides is 3. The van der Waals surface area contributed by atoms with E-state index < -0.39 is 24.5 Å². The summed E-state index contributed by atoms with van der Waals surface area (Å²) in [4.78, 5) is 32.4. The molecule has 0 aliphatic carbocycles. The van der Waals surface area contributed by atoms with Crippen molar-refractivity contribution in [1.29, 1.82) is 0 Å². The van der Waals surface area contributed by atoms with E-state index in [4.69, 9.17) is 14.6 Å². The number of carboxylic acid groups (broad SMARTS) is 1. The molecule has 0 saturated heterocycles. The lowest BCUT2D eigenvalue weighted by Crippen LogP contribution is -2.43. The molecule has 110 valence electrons. The van der Waals surface area contributed by atoms with Crippen LogP contribution < -0.4 is 16.0 Å². The third-order valence-electron chi connectivity index (χ3n) is 1.81. The lowest BCUT2D eigenvalue weighted by Gasteiger charge is -2.08. The summed E-state index contributed by atoms with van der Waals surface area (Å²) >= 11 is 0. The van der Waals surface area contributed by atoms with Crippen LogP contribution in [0.1, 0.15) is 0 Å². The molecule has 0 fully saturated rings. The van der Waals surface area contributed by atoms with E-state index >= 15 is 0 Å². The van der Waals surface area contributed by atoms with Crippen LogP contribution in [0.25, 0.3) is 0 Å². The van der Waals surface area contributed by atoms with Crippen LogP contribution in [0, 0.1) is 0 Å². The zero-order valence-electron chi connectivity index (χ0n) is 10.7. The van der Waals surface area contributed by atoms with Crippen molar-refractivity contribution < 1.29 is 29.0 Å². The highest BCUT2D eigenvalue weighted by Gasteiger charge is 2.05. The average molecular weight is 277 g/mol. The van der Waals surface area contributed by atoms with Gasteiger partial charge in [-0.25, -0.2) is 4.79 Å². The fourth-order valence-electron chi connectivity index (χ4n) is 0.941. The highest BCUT2D eigenvalue weighted by atomic mass is 16.5. The molecule has 0 bridgehead atoms. The molecule has 0 aliphatic heterocycles. The second kappa shape index (κ2) is 11.2. The second-order valence-corrected chi connectivity index (χ2v) is 3.39. The van der Waals surface area contributed by atoms with Crippen LogP contribution >= 0.6 is 0 Å². The number of carbonyl (C=O) groups excluding carboxylic acids is 2. The van der Waals surface area contributed by atoms with Crippen LogP contribution in [-0.4, -0.2) is 69.6 Å². The molecule has 0 rings (SSSR count). The highest BCUT2D eigenvalue weighted by molar-refractivity contribution is 5.86. The standard InChI is InChI=1S/C10H19N3O6/c1-18-4-5-19-3-2-11-10(17)13-6-8(14)12-7-9(15)16/h2-7H2,1H3,(H,12,14)(H,15,16)(H2,11,13,17). The number of hydrogen-bond acceptors (Lipinski definition) is 5. The van der Waals surface area contributed by atoms with Crippen LogP contribution in [0.3, 0.4) is 0 Å². The van der Waals surface area contributed by atoms with Gasteiger partial charge in [-0.05, 0) is 0 Å². The van der Waals surface area contributed by atoms with Gasteiger partial charge >= 0.3 is 12.0 Å². The Morgan fingerprint density at radius 3 is 2.37 bits per heavy atom. The van der Waals surface area contributed by atoms with Crippen LogP contribution in [0.4, 0.5) is 4.79 Å². The maximum absolute atomic E-state index is 11.2. The summed E-state index contributed by atoms with van der Waals surface area (Å²) < 4.78 is 9.87. The van der Waals surface area contributed by atoms with Gasteiger partial charge in [0.25, 0.3) is 0 Å². The molecule has 0 aromatic carbocycles. The number of aliphatic carboxylic acids is 1. The van der Waals surface area contributed by atoms with Gasteiger partial charge in [-0.2, -0.15) is 0 Å². The SMILES string of the molecule is COCCOCCNC(=O)NCC(=O)NCC(=O)O. The van der Waals surface area contributed by atoms with Crippen LogP contribution in [0.2, 0.25) is 0 Å². The molecule has 0 aromatic rings. The molecule has 4 N–H and O–H groups in total. The van der Waals surface area contributed by atoms with Gasteiger partial charge in [-0.3, -0.25) is 9.59 Å². The summed E-state index contributed by atoms with van der Waals surface area (Å²) in [6.07, 6.45) is 0.